The molecule has 0 aliphatic carbocycles. The van der Waals surface area contributed by atoms with Crippen LogP contribution in [0.3, 0.4) is 0 Å². The van der Waals surface area contributed by atoms with Crippen molar-refractivity contribution in [3.63, 3.8) is 0 Å². The van der Waals surface area contributed by atoms with Crippen LogP contribution in [0.5, 0.6) is 5.75 Å². The maximum Gasteiger partial charge on any atom is 0.341 e. The fourth-order valence-corrected chi connectivity index (χ4v) is 3.79. The lowest BCUT2D eigenvalue weighted by Gasteiger charge is -2.22. The molecule has 0 radical (unpaired) electrons. The van der Waals surface area contributed by atoms with Gasteiger partial charge in [0.1, 0.15) is 5.75 Å². The van der Waals surface area contributed by atoms with E-state index in [1.54, 1.807) is 16.8 Å². The van der Waals surface area contributed by atoms with Crippen LogP contribution in [-0.2, 0) is 4.79 Å². The number of aromatic nitrogens is 3. The number of carboxylic acids is 1. The van der Waals surface area contributed by atoms with E-state index >= 15 is 0 Å². The van der Waals surface area contributed by atoms with E-state index in [-0.39, 0.29) is 5.56 Å². The van der Waals surface area contributed by atoms with E-state index in [9.17, 15) is 9.59 Å². The fourth-order valence-electron chi connectivity index (χ4n) is 3.21. The Morgan fingerprint density at radius 3 is 2.72 bits per heavy atom. The van der Waals surface area contributed by atoms with Gasteiger partial charge in [0.05, 0.1) is 11.3 Å². The van der Waals surface area contributed by atoms with Gasteiger partial charge in [-0.1, -0.05) is 30.8 Å². The molecule has 2 aromatic carbocycles. The number of aromatic amines is 1. The Kier molecular flexibility index (Phi) is 5.22. The van der Waals surface area contributed by atoms with Gasteiger partial charge in [-0.3, -0.25) is 9.78 Å². The lowest BCUT2D eigenvalue weighted by molar-refractivity contribution is -0.759. The zero-order valence-corrected chi connectivity index (χ0v) is 16.4. The number of anilines is 1. The van der Waals surface area contributed by atoms with E-state index in [0.717, 1.165) is 22.6 Å². The van der Waals surface area contributed by atoms with Crippen LogP contribution >= 0.6 is 11.8 Å². The number of thioether (sulfide) groups is 1. The first-order valence-electron chi connectivity index (χ1n) is 9.06. The summed E-state index contributed by atoms with van der Waals surface area (Å²) in [5.74, 6) is 0.208. The summed E-state index contributed by atoms with van der Waals surface area (Å²) >= 11 is 1.46. The SMILES string of the molecule is CCSc1n[n+]2c(c(=O)[nH]1)-c1ccccc1N[C@H]2c1ccc(OCC(=O)O)cc1. The zero-order valence-electron chi connectivity index (χ0n) is 15.6. The molecule has 3 N–H and O–H groups in total. The van der Waals surface area contributed by atoms with Crippen LogP contribution in [0.15, 0.2) is 58.5 Å². The van der Waals surface area contributed by atoms with Gasteiger partial charge in [0, 0.05) is 10.7 Å². The van der Waals surface area contributed by atoms with Crippen molar-refractivity contribution < 1.29 is 19.3 Å². The number of aliphatic carboxylic acids is 1. The van der Waals surface area contributed by atoms with Crippen molar-refractivity contribution in [3.8, 4) is 17.0 Å². The molecule has 2 heterocycles. The van der Waals surface area contributed by atoms with Crippen LogP contribution in [0.2, 0.25) is 0 Å². The second-order valence-corrected chi connectivity index (χ2v) is 7.58. The number of para-hydroxylation sites is 1. The summed E-state index contributed by atoms with van der Waals surface area (Å²) in [4.78, 5) is 26.4. The Hall–Kier alpha value is -3.33. The highest BCUT2D eigenvalue weighted by molar-refractivity contribution is 7.99. The highest BCUT2D eigenvalue weighted by Crippen LogP contribution is 2.32. The zero-order chi connectivity index (χ0) is 20.4. The van der Waals surface area contributed by atoms with E-state index in [0.29, 0.717) is 16.6 Å². The van der Waals surface area contributed by atoms with Crippen LogP contribution in [0.1, 0.15) is 18.7 Å². The van der Waals surface area contributed by atoms with Crippen LogP contribution in [0.25, 0.3) is 11.3 Å². The molecule has 0 saturated carbocycles. The summed E-state index contributed by atoms with van der Waals surface area (Å²) in [5, 5.41) is 17.4. The normalized spacial score (nSPS) is 14.4. The van der Waals surface area contributed by atoms with Crippen LogP contribution in [0, 0.1) is 0 Å². The number of nitrogens with zero attached hydrogens (tertiary/aromatic N) is 2. The Morgan fingerprint density at radius 2 is 2.00 bits per heavy atom. The molecular weight excluding hydrogens is 392 g/mol. The minimum atomic E-state index is -1.03. The molecule has 8 nitrogen and oxygen atoms in total. The standard InChI is InChI=1S/C20H18N4O4S/c1-2-29-20-22-19(27)17-14-5-3-4-6-15(14)21-18(24(17)23-20)12-7-9-13(10-8-12)28-11-16(25)26/h3-10,18H,2,11H2,1H3,(H2,22,23,25,26,27)/p+1/t18-/m1/s1. The van der Waals surface area contributed by atoms with Crippen molar-refractivity contribution in [1.82, 2.24) is 10.1 Å². The summed E-state index contributed by atoms with van der Waals surface area (Å²) in [6.07, 6.45) is -0.396. The Balaban J connectivity index is 1.78. The van der Waals surface area contributed by atoms with E-state index < -0.39 is 18.7 Å². The summed E-state index contributed by atoms with van der Waals surface area (Å²) in [6, 6.07) is 14.7. The van der Waals surface area contributed by atoms with Gasteiger partial charge < -0.3 is 15.2 Å². The average molecular weight is 411 g/mol. The molecule has 1 aromatic heterocycles. The van der Waals surface area contributed by atoms with Gasteiger partial charge in [-0.2, -0.15) is 0 Å². The van der Waals surface area contributed by atoms with E-state index in [1.807, 2.05) is 43.3 Å². The number of carboxylic acid groups (broad SMARTS) is 1. The molecule has 0 saturated heterocycles. The Morgan fingerprint density at radius 1 is 1.24 bits per heavy atom. The van der Waals surface area contributed by atoms with Crippen molar-refractivity contribution in [2.75, 3.05) is 17.7 Å². The van der Waals surface area contributed by atoms with Crippen molar-refractivity contribution in [3.05, 3.63) is 64.4 Å². The number of rotatable bonds is 6. The number of benzene rings is 2. The second-order valence-electron chi connectivity index (χ2n) is 6.33. The smallest absolute Gasteiger partial charge is 0.341 e. The van der Waals surface area contributed by atoms with Gasteiger partial charge in [0.15, 0.2) is 6.61 Å². The third kappa shape index (κ3) is 3.81. The molecule has 1 aliphatic heterocycles. The molecule has 0 amide bonds. The Bertz CT molecular complexity index is 1110. The van der Waals surface area contributed by atoms with Gasteiger partial charge in [-0.15, -0.1) is 0 Å². The monoisotopic (exact) mass is 411 g/mol. The lowest BCUT2D eigenvalue weighted by atomic mass is 10.0. The van der Waals surface area contributed by atoms with Gasteiger partial charge in [-0.25, -0.2) is 4.79 Å². The maximum absolute atomic E-state index is 12.9. The summed E-state index contributed by atoms with van der Waals surface area (Å²) in [5.41, 5.74) is 2.77. The second kappa shape index (κ2) is 7.96. The third-order valence-corrected chi connectivity index (χ3v) is 5.17. The molecule has 4 rings (SSSR count). The van der Waals surface area contributed by atoms with Crippen molar-refractivity contribution >= 4 is 23.4 Å². The molecule has 9 heteroatoms. The van der Waals surface area contributed by atoms with Crippen LogP contribution < -0.4 is 20.3 Å². The van der Waals surface area contributed by atoms with Gasteiger partial charge in [0.2, 0.25) is 5.16 Å². The predicted molar refractivity (Wildman–Crippen MR) is 108 cm³/mol. The van der Waals surface area contributed by atoms with Crippen molar-refractivity contribution in [1.29, 1.82) is 0 Å². The Labute approximate surface area is 170 Å². The van der Waals surface area contributed by atoms with E-state index in [4.69, 9.17) is 9.84 Å². The lowest BCUT2D eigenvalue weighted by Crippen LogP contribution is -2.55. The number of ether oxygens (including phenoxy) is 1. The quantitative estimate of drug-likeness (QED) is 0.422. The molecule has 1 atom stereocenters. The number of H-pyrrole nitrogens is 1. The van der Waals surface area contributed by atoms with Gasteiger partial charge >= 0.3 is 17.2 Å². The number of nitrogens with one attached hydrogen (secondary N) is 2. The molecule has 29 heavy (non-hydrogen) atoms. The molecule has 0 spiro atoms. The predicted octanol–water partition coefficient (Wildman–Crippen LogP) is 2.27. The summed E-state index contributed by atoms with van der Waals surface area (Å²) in [7, 11) is 0. The topological polar surface area (TPSA) is 108 Å². The average Bonchev–Trinajstić information content (AvgIpc) is 2.72. The number of hydrogen-bond donors (Lipinski definition) is 3. The highest BCUT2D eigenvalue weighted by atomic mass is 32.2. The minimum Gasteiger partial charge on any atom is -0.482 e. The first kappa shape index (κ1) is 19.0. The van der Waals surface area contributed by atoms with Crippen molar-refractivity contribution in [2.24, 2.45) is 0 Å². The first-order chi connectivity index (χ1) is 14.1. The van der Waals surface area contributed by atoms with Crippen LogP contribution in [0.4, 0.5) is 5.69 Å². The highest BCUT2D eigenvalue weighted by Gasteiger charge is 2.37. The maximum atomic E-state index is 12.9. The van der Waals surface area contributed by atoms with Gasteiger partial charge in [-0.05, 0) is 46.8 Å². The third-order valence-electron chi connectivity index (χ3n) is 4.42. The molecule has 148 valence electrons. The largest absolute Gasteiger partial charge is 0.482 e. The molecule has 0 bridgehead atoms. The first-order valence-corrected chi connectivity index (χ1v) is 10.0. The molecule has 0 fully saturated rings. The van der Waals surface area contributed by atoms with Crippen LogP contribution in [-0.4, -0.2) is 33.5 Å². The van der Waals surface area contributed by atoms with Crippen molar-refractivity contribution in [2.45, 2.75) is 18.2 Å². The van der Waals surface area contributed by atoms with E-state index in [2.05, 4.69) is 15.4 Å². The number of hydrogen-bond acceptors (Lipinski definition) is 6. The summed E-state index contributed by atoms with van der Waals surface area (Å²) < 4.78 is 6.91. The molecule has 1 aliphatic rings. The molecular formula is C20H19N4O4S+. The molecule has 0 unspecified atom stereocenters. The number of carbonyl (C=O) groups is 1. The molecule has 3 aromatic rings. The van der Waals surface area contributed by atoms with E-state index in [1.165, 1.54) is 11.8 Å². The minimum absolute atomic E-state index is 0.198. The number of fused-ring (bicyclic) bond motifs is 3. The van der Waals surface area contributed by atoms with Gasteiger partial charge in [0.25, 0.3) is 6.17 Å². The fraction of sp³-hybridized carbons (Fsp3) is 0.200. The summed E-state index contributed by atoms with van der Waals surface area (Å²) in [6.45, 7) is 1.59.